The first-order valence-corrected chi connectivity index (χ1v) is 6.50. The molecular weight excluding hydrogens is 263 g/mol. The maximum absolute atomic E-state index is 14.4. The monoisotopic (exact) mass is 276 g/mol. The van der Waals surface area contributed by atoms with Crippen LogP contribution in [0.2, 0.25) is 5.02 Å². The van der Waals surface area contributed by atoms with Gasteiger partial charge in [0.25, 0.3) is 0 Å². The highest BCUT2D eigenvalue weighted by molar-refractivity contribution is 6.33. The summed E-state index contributed by atoms with van der Waals surface area (Å²) in [7, 11) is 0. The molecule has 1 nitrogen and oxygen atoms in total. The SMILES string of the molecule is CCc1cc(C(C)=O)cc(-c2ccccc2Cl)c1F. The van der Waals surface area contributed by atoms with Crippen molar-refractivity contribution in [3.05, 3.63) is 58.4 Å². The Bertz CT molecular complexity index is 635. The van der Waals surface area contributed by atoms with E-state index >= 15 is 0 Å². The minimum absolute atomic E-state index is 0.0806. The third-order valence-electron chi connectivity index (χ3n) is 3.10. The van der Waals surface area contributed by atoms with Crippen LogP contribution in [0.25, 0.3) is 11.1 Å². The lowest BCUT2D eigenvalue weighted by atomic mass is 9.96. The topological polar surface area (TPSA) is 17.1 Å². The van der Waals surface area contributed by atoms with Gasteiger partial charge in [0.2, 0.25) is 0 Å². The molecule has 0 saturated carbocycles. The summed E-state index contributed by atoms with van der Waals surface area (Å²) in [6.45, 7) is 3.34. The summed E-state index contributed by atoms with van der Waals surface area (Å²) in [5.41, 5.74) is 2.03. The largest absolute Gasteiger partial charge is 0.295 e. The molecule has 0 aromatic heterocycles. The van der Waals surface area contributed by atoms with E-state index in [4.69, 9.17) is 11.6 Å². The van der Waals surface area contributed by atoms with E-state index in [0.717, 1.165) is 0 Å². The maximum atomic E-state index is 14.4. The maximum Gasteiger partial charge on any atom is 0.159 e. The minimum atomic E-state index is -0.305. The van der Waals surface area contributed by atoms with E-state index < -0.39 is 0 Å². The second-order valence-corrected chi connectivity index (χ2v) is 4.79. The molecule has 0 aliphatic carbocycles. The first-order valence-electron chi connectivity index (χ1n) is 6.12. The van der Waals surface area contributed by atoms with E-state index in [1.54, 1.807) is 36.4 Å². The number of hydrogen-bond donors (Lipinski definition) is 0. The fourth-order valence-electron chi connectivity index (χ4n) is 2.02. The Morgan fingerprint density at radius 2 is 1.89 bits per heavy atom. The fourth-order valence-corrected chi connectivity index (χ4v) is 2.26. The number of halogens is 2. The first kappa shape index (κ1) is 13.8. The van der Waals surface area contributed by atoms with Crippen molar-refractivity contribution < 1.29 is 9.18 Å². The Hall–Kier alpha value is -1.67. The molecule has 0 spiro atoms. The van der Waals surface area contributed by atoms with Gasteiger partial charge in [0, 0.05) is 21.7 Å². The van der Waals surface area contributed by atoms with E-state index in [9.17, 15) is 9.18 Å². The summed E-state index contributed by atoms with van der Waals surface area (Å²) in [5, 5.41) is 0.476. The van der Waals surface area contributed by atoms with Crippen molar-refractivity contribution >= 4 is 17.4 Å². The molecule has 0 unspecified atom stereocenters. The van der Waals surface area contributed by atoms with Gasteiger partial charge in [-0.25, -0.2) is 4.39 Å². The van der Waals surface area contributed by atoms with E-state index in [1.807, 2.05) is 6.92 Å². The van der Waals surface area contributed by atoms with Crippen LogP contribution in [0.1, 0.15) is 29.8 Å². The molecule has 2 aromatic carbocycles. The summed E-state index contributed by atoms with van der Waals surface area (Å²) in [6.07, 6.45) is 0.532. The Morgan fingerprint density at radius 1 is 1.21 bits per heavy atom. The fraction of sp³-hybridized carbons (Fsp3) is 0.188. The van der Waals surface area contributed by atoms with Gasteiger partial charge in [0.15, 0.2) is 5.78 Å². The van der Waals surface area contributed by atoms with Crippen LogP contribution in [0.4, 0.5) is 4.39 Å². The van der Waals surface area contributed by atoms with E-state index in [0.29, 0.717) is 33.7 Å². The molecule has 2 aromatic rings. The number of hydrogen-bond acceptors (Lipinski definition) is 1. The molecule has 98 valence electrons. The minimum Gasteiger partial charge on any atom is -0.295 e. The van der Waals surface area contributed by atoms with Gasteiger partial charge in [-0.05, 0) is 37.1 Å². The van der Waals surface area contributed by atoms with Gasteiger partial charge in [0.05, 0.1) is 0 Å². The normalized spacial score (nSPS) is 10.5. The van der Waals surface area contributed by atoms with Gasteiger partial charge in [-0.1, -0.05) is 36.7 Å². The van der Waals surface area contributed by atoms with Crippen LogP contribution < -0.4 is 0 Å². The number of benzene rings is 2. The molecule has 0 amide bonds. The second-order valence-electron chi connectivity index (χ2n) is 4.39. The van der Waals surface area contributed by atoms with Crippen molar-refractivity contribution in [2.24, 2.45) is 0 Å². The van der Waals surface area contributed by atoms with Gasteiger partial charge in [-0.3, -0.25) is 4.79 Å². The number of ketones is 1. The van der Waals surface area contributed by atoms with E-state index in [-0.39, 0.29) is 11.6 Å². The van der Waals surface area contributed by atoms with Crippen LogP contribution in [0.5, 0.6) is 0 Å². The highest BCUT2D eigenvalue weighted by Crippen LogP contribution is 2.32. The first-order chi connectivity index (χ1) is 9.04. The third kappa shape index (κ3) is 2.69. The Kier molecular flexibility index (Phi) is 4.01. The van der Waals surface area contributed by atoms with Crippen LogP contribution in [0, 0.1) is 5.82 Å². The van der Waals surface area contributed by atoms with Gasteiger partial charge in [0.1, 0.15) is 5.82 Å². The zero-order valence-corrected chi connectivity index (χ0v) is 11.6. The summed E-state index contributed by atoms with van der Waals surface area (Å²) >= 11 is 6.11. The lowest BCUT2D eigenvalue weighted by Gasteiger charge is -2.11. The number of aryl methyl sites for hydroxylation is 1. The highest BCUT2D eigenvalue weighted by atomic mass is 35.5. The van der Waals surface area contributed by atoms with Crippen LogP contribution in [0.3, 0.4) is 0 Å². The van der Waals surface area contributed by atoms with E-state index in [1.165, 1.54) is 6.92 Å². The molecule has 0 saturated heterocycles. The van der Waals surface area contributed by atoms with Gasteiger partial charge >= 0.3 is 0 Å². The molecule has 0 aliphatic rings. The Balaban J connectivity index is 2.72. The molecule has 3 heteroatoms. The van der Waals surface area contributed by atoms with Crippen molar-refractivity contribution in [2.45, 2.75) is 20.3 Å². The second kappa shape index (κ2) is 5.54. The summed E-state index contributed by atoms with van der Waals surface area (Å²) in [4.78, 5) is 11.5. The highest BCUT2D eigenvalue weighted by Gasteiger charge is 2.15. The van der Waals surface area contributed by atoms with Crippen molar-refractivity contribution in [1.29, 1.82) is 0 Å². The molecule has 0 atom stereocenters. The van der Waals surface area contributed by atoms with Crippen molar-refractivity contribution in [2.75, 3.05) is 0 Å². The molecule has 0 radical (unpaired) electrons. The number of carbonyl (C=O) groups is 1. The molecule has 19 heavy (non-hydrogen) atoms. The molecule has 0 bridgehead atoms. The van der Waals surface area contributed by atoms with Gasteiger partial charge in [-0.2, -0.15) is 0 Å². The van der Waals surface area contributed by atoms with Crippen LogP contribution >= 0.6 is 11.6 Å². The quantitative estimate of drug-likeness (QED) is 0.728. The lowest BCUT2D eigenvalue weighted by molar-refractivity contribution is 0.101. The number of carbonyl (C=O) groups excluding carboxylic acids is 1. The zero-order chi connectivity index (χ0) is 14.0. The van der Waals surface area contributed by atoms with Gasteiger partial charge in [-0.15, -0.1) is 0 Å². The molecule has 0 heterocycles. The molecule has 0 N–H and O–H groups in total. The molecular formula is C16H14ClFO. The number of Topliss-reactive ketones (excluding diaryl/α,β-unsaturated/α-hetero) is 1. The van der Waals surface area contributed by atoms with Crippen LogP contribution in [-0.2, 0) is 6.42 Å². The van der Waals surface area contributed by atoms with Crippen molar-refractivity contribution in [1.82, 2.24) is 0 Å². The molecule has 2 rings (SSSR count). The lowest BCUT2D eigenvalue weighted by Crippen LogP contribution is -2.00. The Labute approximate surface area is 117 Å². The standard InChI is InChI=1S/C16H14ClFO/c1-3-11-8-12(10(2)19)9-14(16(11)18)13-6-4-5-7-15(13)17/h4-9H,3H2,1-2H3. The van der Waals surface area contributed by atoms with Crippen LogP contribution in [0.15, 0.2) is 36.4 Å². The average molecular weight is 277 g/mol. The third-order valence-corrected chi connectivity index (χ3v) is 3.43. The smallest absolute Gasteiger partial charge is 0.159 e. The van der Waals surface area contributed by atoms with Crippen molar-refractivity contribution in [3.8, 4) is 11.1 Å². The summed E-state index contributed by atoms with van der Waals surface area (Å²) in [5.74, 6) is -0.386. The van der Waals surface area contributed by atoms with E-state index in [2.05, 4.69) is 0 Å². The van der Waals surface area contributed by atoms with Crippen molar-refractivity contribution in [3.63, 3.8) is 0 Å². The average Bonchev–Trinajstić information content (AvgIpc) is 2.39. The van der Waals surface area contributed by atoms with Gasteiger partial charge < -0.3 is 0 Å². The Morgan fingerprint density at radius 3 is 2.47 bits per heavy atom. The predicted molar refractivity (Wildman–Crippen MR) is 76.2 cm³/mol. The summed E-state index contributed by atoms with van der Waals surface area (Å²) in [6, 6.07) is 10.2. The number of rotatable bonds is 3. The van der Waals surface area contributed by atoms with Crippen LogP contribution in [-0.4, -0.2) is 5.78 Å². The predicted octanol–water partition coefficient (Wildman–Crippen LogP) is 4.91. The summed E-state index contributed by atoms with van der Waals surface area (Å²) < 4.78 is 14.4. The zero-order valence-electron chi connectivity index (χ0n) is 10.8. The molecule has 0 fully saturated rings. The molecule has 0 aliphatic heterocycles.